The third-order valence-corrected chi connectivity index (χ3v) is 3.95. The maximum atomic E-state index is 12.0. The normalized spacial score (nSPS) is 20.9. The molecule has 1 atom stereocenters. The maximum Gasteiger partial charge on any atom is 0.263 e. The van der Waals surface area contributed by atoms with Gasteiger partial charge in [-0.2, -0.15) is 0 Å². The third kappa shape index (κ3) is 2.21. The Morgan fingerprint density at radius 3 is 3.00 bits per heavy atom. The highest BCUT2D eigenvalue weighted by atomic mass is 32.1. The molecule has 1 aliphatic heterocycles. The van der Waals surface area contributed by atoms with E-state index in [1.807, 2.05) is 17.0 Å². The molecule has 0 spiro atoms. The lowest BCUT2D eigenvalue weighted by molar-refractivity contribution is 0.0795. The molecular formula is C11H16N2OS. The van der Waals surface area contributed by atoms with Crippen molar-refractivity contribution >= 4 is 17.2 Å². The molecule has 2 heterocycles. The lowest BCUT2D eigenvalue weighted by atomic mass is 10.3. The summed E-state index contributed by atoms with van der Waals surface area (Å²) >= 11 is 1.60. The van der Waals surface area contributed by atoms with Crippen molar-refractivity contribution in [1.82, 2.24) is 4.90 Å². The van der Waals surface area contributed by atoms with Gasteiger partial charge in [0.25, 0.3) is 5.91 Å². The lowest BCUT2D eigenvalue weighted by Gasteiger charge is -2.14. The minimum absolute atomic E-state index is 0.146. The first kappa shape index (κ1) is 10.6. The number of thiophene rings is 1. The van der Waals surface area contributed by atoms with Crippen molar-refractivity contribution in [3.63, 3.8) is 0 Å². The number of nitrogens with zero attached hydrogens (tertiary/aromatic N) is 1. The number of amides is 1. The van der Waals surface area contributed by atoms with Gasteiger partial charge in [0.2, 0.25) is 0 Å². The van der Waals surface area contributed by atoms with Crippen LogP contribution in [0.5, 0.6) is 0 Å². The Morgan fingerprint density at radius 1 is 1.67 bits per heavy atom. The Morgan fingerprint density at radius 2 is 2.47 bits per heavy atom. The average Bonchev–Trinajstić information content (AvgIpc) is 2.84. The summed E-state index contributed by atoms with van der Waals surface area (Å²) in [4.78, 5) is 16.0. The van der Waals surface area contributed by atoms with Gasteiger partial charge in [-0.05, 0) is 25.0 Å². The van der Waals surface area contributed by atoms with Gasteiger partial charge in [0.15, 0.2) is 0 Å². The summed E-state index contributed by atoms with van der Waals surface area (Å²) in [5.74, 6) is 0.146. The minimum Gasteiger partial charge on any atom is -0.336 e. The van der Waals surface area contributed by atoms with Crippen LogP contribution in [0.3, 0.4) is 0 Å². The van der Waals surface area contributed by atoms with Crippen molar-refractivity contribution in [3.8, 4) is 0 Å². The van der Waals surface area contributed by atoms with E-state index in [9.17, 15) is 4.79 Å². The lowest BCUT2D eigenvalue weighted by Crippen LogP contribution is -2.31. The van der Waals surface area contributed by atoms with Gasteiger partial charge in [-0.15, -0.1) is 11.3 Å². The molecule has 0 aliphatic carbocycles. The van der Waals surface area contributed by atoms with Crippen LogP contribution in [0.25, 0.3) is 0 Å². The van der Waals surface area contributed by atoms with E-state index < -0.39 is 0 Å². The monoisotopic (exact) mass is 224 g/mol. The quantitative estimate of drug-likeness (QED) is 0.827. The molecule has 1 amide bonds. The predicted octanol–water partition coefficient (Wildman–Crippen LogP) is 1.48. The first-order valence-corrected chi connectivity index (χ1v) is 6.16. The molecule has 3 nitrogen and oxygen atoms in total. The Kier molecular flexibility index (Phi) is 3.07. The second kappa shape index (κ2) is 4.33. The van der Waals surface area contributed by atoms with Crippen molar-refractivity contribution < 1.29 is 4.79 Å². The summed E-state index contributed by atoms with van der Waals surface area (Å²) in [5.41, 5.74) is 5.78. The third-order valence-electron chi connectivity index (χ3n) is 2.73. The first-order chi connectivity index (χ1) is 7.20. The number of aryl methyl sites for hydroxylation is 1. The molecule has 2 N–H and O–H groups in total. The van der Waals surface area contributed by atoms with Crippen molar-refractivity contribution in [3.05, 3.63) is 21.9 Å². The summed E-state index contributed by atoms with van der Waals surface area (Å²) in [6, 6.07) is 4.13. The van der Waals surface area contributed by atoms with Crippen LogP contribution in [0.2, 0.25) is 0 Å². The zero-order chi connectivity index (χ0) is 10.8. The van der Waals surface area contributed by atoms with Gasteiger partial charge in [-0.1, -0.05) is 6.92 Å². The Labute approximate surface area is 93.9 Å². The van der Waals surface area contributed by atoms with Gasteiger partial charge in [0.1, 0.15) is 0 Å². The van der Waals surface area contributed by atoms with E-state index in [1.165, 1.54) is 4.88 Å². The van der Waals surface area contributed by atoms with Crippen LogP contribution in [0.15, 0.2) is 12.1 Å². The largest absolute Gasteiger partial charge is 0.336 e. The minimum atomic E-state index is 0.146. The number of hydrogen-bond donors (Lipinski definition) is 1. The fraction of sp³-hybridized carbons (Fsp3) is 0.545. The molecule has 1 aromatic heterocycles. The predicted molar refractivity (Wildman–Crippen MR) is 62.2 cm³/mol. The summed E-state index contributed by atoms with van der Waals surface area (Å²) < 4.78 is 0. The molecule has 4 heteroatoms. The van der Waals surface area contributed by atoms with Crippen molar-refractivity contribution in [2.24, 2.45) is 5.73 Å². The number of likely N-dealkylation sites (tertiary alicyclic amines) is 1. The molecule has 1 saturated heterocycles. The molecule has 0 aromatic carbocycles. The van der Waals surface area contributed by atoms with Crippen LogP contribution in [-0.4, -0.2) is 29.9 Å². The summed E-state index contributed by atoms with van der Waals surface area (Å²) in [7, 11) is 0. The van der Waals surface area contributed by atoms with Gasteiger partial charge >= 0.3 is 0 Å². The molecule has 0 radical (unpaired) electrons. The maximum absolute atomic E-state index is 12.0. The summed E-state index contributed by atoms with van der Waals surface area (Å²) in [6.07, 6.45) is 1.93. The van der Waals surface area contributed by atoms with E-state index in [4.69, 9.17) is 5.73 Å². The van der Waals surface area contributed by atoms with Crippen molar-refractivity contribution in [2.45, 2.75) is 25.8 Å². The zero-order valence-corrected chi connectivity index (χ0v) is 9.72. The zero-order valence-electron chi connectivity index (χ0n) is 8.90. The average molecular weight is 224 g/mol. The van der Waals surface area contributed by atoms with E-state index in [0.717, 1.165) is 24.3 Å². The standard InChI is InChI=1S/C11H16N2OS/c1-2-9-3-4-10(15-9)11(14)13-6-5-8(12)7-13/h3-4,8H,2,5-7,12H2,1H3. The molecular weight excluding hydrogens is 208 g/mol. The molecule has 0 bridgehead atoms. The van der Waals surface area contributed by atoms with Crippen LogP contribution in [0.1, 0.15) is 27.9 Å². The molecule has 82 valence electrons. The first-order valence-electron chi connectivity index (χ1n) is 5.34. The van der Waals surface area contributed by atoms with Crippen LogP contribution in [-0.2, 0) is 6.42 Å². The van der Waals surface area contributed by atoms with E-state index >= 15 is 0 Å². The van der Waals surface area contributed by atoms with E-state index in [0.29, 0.717) is 6.54 Å². The van der Waals surface area contributed by atoms with Crippen LogP contribution >= 0.6 is 11.3 Å². The van der Waals surface area contributed by atoms with Crippen LogP contribution in [0, 0.1) is 0 Å². The topological polar surface area (TPSA) is 46.3 Å². The van der Waals surface area contributed by atoms with Gasteiger partial charge < -0.3 is 10.6 Å². The highest BCUT2D eigenvalue weighted by Gasteiger charge is 2.25. The molecule has 2 rings (SSSR count). The van der Waals surface area contributed by atoms with Crippen molar-refractivity contribution in [1.29, 1.82) is 0 Å². The van der Waals surface area contributed by atoms with Crippen molar-refractivity contribution in [2.75, 3.05) is 13.1 Å². The smallest absolute Gasteiger partial charge is 0.263 e. The highest BCUT2D eigenvalue weighted by molar-refractivity contribution is 7.14. The Balaban J connectivity index is 2.07. The van der Waals surface area contributed by atoms with E-state index in [2.05, 4.69) is 6.92 Å². The summed E-state index contributed by atoms with van der Waals surface area (Å²) in [5, 5.41) is 0. The summed E-state index contributed by atoms with van der Waals surface area (Å²) in [6.45, 7) is 3.61. The number of hydrogen-bond acceptors (Lipinski definition) is 3. The van der Waals surface area contributed by atoms with Gasteiger partial charge in [0, 0.05) is 24.0 Å². The molecule has 0 saturated carbocycles. The fourth-order valence-electron chi connectivity index (χ4n) is 1.81. The van der Waals surface area contributed by atoms with Gasteiger partial charge in [-0.25, -0.2) is 0 Å². The van der Waals surface area contributed by atoms with E-state index in [-0.39, 0.29) is 11.9 Å². The number of carbonyl (C=O) groups is 1. The number of rotatable bonds is 2. The Hall–Kier alpha value is -0.870. The Bertz CT molecular complexity index is 361. The molecule has 1 aromatic rings. The molecule has 1 aliphatic rings. The van der Waals surface area contributed by atoms with Gasteiger partial charge in [-0.3, -0.25) is 4.79 Å². The van der Waals surface area contributed by atoms with E-state index in [1.54, 1.807) is 11.3 Å². The fourth-order valence-corrected chi connectivity index (χ4v) is 2.73. The second-order valence-corrected chi connectivity index (χ2v) is 5.09. The molecule has 15 heavy (non-hydrogen) atoms. The number of carbonyl (C=O) groups excluding carboxylic acids is 1. The number of nitrogens with two attached hydrogens (primary N) is 1. The highest BCUT2D eigenvalue weighted by Crippen LogP contribution is 2.20. The SMILES string of the molecule is CCc1ccc(C(=O)N2CCC(N)C2)s1. The molecule has 1 fully saturated rings. The van der Waals surface area contributed by atoms with Gasteiger partial charge in [0.05, 0.1) is 4.88 Å². The van der Waals surface area contributed by atoms with Crippen LogP contribution in [0.4, 0.5) is 0 Å². The van der Waals surface area contributed by atoms with Crippen LogP contribution < -0.4 is 5.73 Å². The second-order valence-electron chi connectivity index (χ2n) is 3.92. The molecule has 1 unspecified atom stereocenters.